The lowest BCUT2D eigenvalue weighted by Crippen LogP contribution is -2.10. The Morgan fingerprint density at radius 1 is 1.42 bits per heavy atom. The Balaban J connectivity index is 1.90. The van der Waals surface area contributed by atoms with Crippen LogP contribution < -0.4 is 10.5 Å². The number of rotatable bonds is 5. The Kier molecular flexibility index (Phi) is 4.39. The fourth-order valence-electron chi connectivity index (χ4n) is 1.60. The summed E-state index contributed by atoms with van der Waals surface area (Å²) in [4.78, 5) is 5.11. The fraction of sp³-hybridized carbons (Fsp3) is 0.231. The van der Waals surface area contributed by atoms with Crippen molar-refractivity contribution in [2.24, 2.45) is 5.73 Å². The predicted octanol–water partition coefficient (Wildman–Crippen LogP) is 3.01. The number of nitrogens with one attached hydrogen (secondary N) is 1. The van der Waals surface area contributed by atoms with Gasteiger partial charge in [-0.3, -0.25) is 5.41 Å². The number of thiazole rings is 1. The Labute approximate surface area is 120 Å². The molecule has 3 N–H and O–H groups in total. The van der Waals surface area contributed by atoms with Gasteiger partial charge in [-0.25, -0.2) is 4.98 Å². The van der Waals surface area contributed by atoms with Crippen molar-refractivity contribution in [1.82, 2.24) is 4.98 Å². The first kappa shape index (κ1) is 13.8. The molecule has 19 heavy (non-hydrogen) atoms. The van der Waals surface area contributed by atoms with Crippen molar-refractivity contribution in [2.45, 2.75) is 13.3 Å². The maximum absolute atomic E-state index is 7.43. The molecule has 0 aliphatic rings. The standard InChI is InChI=1S/C13H14ClN3OS/c1-8-12(13(15)16)19-11(17-8)6-7-18-10-4-2-9(14)3-5-10/h2-5H,6-7H2,1H3,(H3,15,16). The van der Waals surface area contributed by atoms with Crippen LogP contribution in [0.1, 0.15) is 15.6 Å². The van der Waals surface area contributed by atoms with Crippen LogP contribution >= 0.6 is 22.9 Å². The van der Waals surface area contributed by atoms with Crippen molar-refractivity contribution in [3.8, 4) is 5.75 Å². The van der Waals surface area contributed by atoms with Crippen LogP contribution in [0.25, 0.3) is 0 Å². The number of aryl methyl sites for hydroxylation is 1. The van der Waals surface area contributed by atoms with E-state index in [1.165, 1.54) is 11.3 Å². The van der Waals surface area contributed by atoms with E-state index in [4.69, 9.17) is 27.5 Å². The first-order valence-corrected chi connectivity index (χ1v) is 6.95. The number of aromatic nitrogens is 1. The summed E-state index contributed by atoms with van der Waals surface area (Å²) in [7, 11) is 0. The molecule has 1 aromatic carbocycles. The van der Waals surface area contributed by atoms with Crippen molar-refractivity contribution in [1.29, 1.82) is 5.41 Å². The summed E-state index contributed by atoms with van der Waals surface area (Å²) in [6.45, 7) is 2.39. The van der Waals surface area contributed by atoms with Gasteiger partial charge in [-0.15, -0.1) is 11.3 Å². The maximum atomic E-state index is 7.43. The third kappa shape index (κ3) is 3.68. The summed E-state index contributed by atoms with van der Waals surface area (Å²) in [5, 5.41) is 9.04. The fourth-order valence-corrected chi connectivity index (χ4v) is 2.63. The monoisotopic (exact) mass is 295 g/mol. The molecule has 2 aromatic rings. The van der Waals surface area contributed by atoms with E-state index in [1.807, 2.05) is 19.1 Å². The number of hydrogen-bond acceptors (Lipinski definition) is 4. The molecular formula is C13H14ClN3OS. The number of nitrogen functional groups attached to an aromatic ring is 1. The number of ether oxygens (including phenoxy) is 1. The lowest BCUT2D eigenvalue weighted by molar-refractivity contribution is 0.321. The summed E-state index contributed by atoms with van der Waals surface area (Å²) in [5.41, 5.74) is 6.28. The van der Waals surface area contributed by atoms with Crippen LogP contribution in [0.15, 0.2) is 24.3 Å². The predicted molar refractivity (Wildman–Crippen MR) is 78.5 cm³/mol. The van der Waals surface area contributed by atoms with Crippen molar-refractivity contribution in [3.05, 3.63) is 44.9 Å². The molecule has 0 atom stereocenters. The van der Waals surface area contributed by atoms with Crippen molar-refractivity contribution in [3.63, 3.8) is 0 Å². The van der Waals surface area contributed by atoms with Crippen LogP contribution in [0.2, 0.25) is 5.02 Å². The average molecular weight is 296 g/mol. The molecule has 6 heteroatoms. The topological polar surface area (TPSA) is 72.0 Å². The molecule has 0 aliphatic heterocycles. The second-order valence-electron chi connectivity index (χ2n) is 3.99. The summed E-state index contributed by atoms with van der Waals surface area (Å²) in [6, 6.07) is 7.24. The SMILES string of the molecule is Cc1nc(CCOc2ccc(Cl)cc2)sc1C(=N)N. The average Bonchev–Trinajstić information content (AvgIpc) is 2.73. The zero-order chi connectivity index (χ0) is 13.8. The molecule has 0 saturated carbocycles. The number of nitrogens with zero attached hydrogens (tertiary/aromatic N) is 1. The highest BCUT2D eigenvalue weighted by Crippen LogP contribution is 2.19. The van der Waals surface area contributed by atoms with Crippen molar-refractivity contribution >= 4 is 28.8 Å². The largest absolute Gasteiger partial charge is 0.493 e. The van der Waals surface area contributed by atoms with Crippen molar-refractivity contribution in [2.75, 3.05) is 6.61 Å². The summed E-state index contributed by atoms with van der Waals surface area (Å²) >= 11 is 7.24. The number of hydrogen-bond donors (Lipinski definition) is 2. The van der Waals surface area contributed by atoms with Gasteiger partial charge < -0.3 is 10.5 Å². The molecule has 1 heterocycles. The van der Waals surface area contributed by atoms with Gasteiger partial charge in [0.25, 0.3) is 0 Å². The van der Waals surface area contributed by atoms with Gasteiger partial charge >= 0.3 is 0 Å². The van der Waals surface area contributed by atoms with Gasteiger partial charge in [-0.1, -0.05) is 11.6 Å². The van der Waals surface area contributed by atoms with Gasteiger partial charge in [0.1, 0.15) is 11.6 Å². The number of halogens is 1. The third-order valence-electron chi connectivity index (χ3n) is 2.48. The second-order valence-corrected chi connectivity index (χ2v) is 5.51. The molecule has 0 radical (unpaired) electrons. The first-order chi connectivity index (χ1) is 9.06. The van der Waals surface area contributed by atoms with Crippen LogP contribution in [0.4, 0.5) is 0 Å². The maximum Gasteiger partial charge on any atom is 0.135 e. The highest BCUT2D eigenvalue weighted by molar-refractivity contribution is 7.13. The molecule has 0 saturated heterocycles. The smallest absolute Gasteiger partial charge is 0.135 e. The summed E-state index contributed by atoms with van der Waals surface area (Å²) in [5.74, 6) is 0.851. The van der Waals surface area contributed by atoms with Gasteiger partial charge in [-0.05, 0) is 31.2 Å². The molecule has 0 amide bonds. The zero-order valence-corrected chi connectivity index (χ0v) is 12.0. The Hall–Kier alpha value is -1.59. The van der Waals surface area contributed by atoms with Crippen LogP contribution in [0.5, 0.6) is 5.75 Å². The molecule has 0 spiro atoms. The normalized spacial score (nSPS) is 10.4. The lowest BCUT2D eigenvalue weighted by atomic mass is 10.3. The van der Waals surface area contributed by atoms with E-state index >= 15 is 0 Å². The number of nitrogens with two attached hydrogens (primary N) is 1. The molecule has 0 fully saturated rings. The van der Waals surface area contributed by atoms with Gasteiger partial charge in [-0.2, -0.15) is 0 Å². The molecule has 100 valence electrons. The van der Waals surface area contributed by atoms with E-state index in [9.17, 15) is 0 Å². The minimum Gasteiger partial charge on any atom is -0.493 e. The Morgan fingerprint density at radius 2 is 2.11 bits per heavy atom. The zero-order valence-electron chi connectivity index (χ0n) is 10.4. The molecule has 0 unspecified atom stereocenters. The van der Waals surface area contributed by atoms with E-state index in [1.54, 1.807) is 12.1 Å². The molecule has 1 aromatic heterocycles. The van der Waals surface area contributed by atoms with Crippen LogP contribution in [-0.4, -0.2) is 17.4 Å². The Bertz CT molecular complexity index is 580. The van der Waals surface area contributed by atoms with Crippen LogP contribution in [-0.2, 0) is 6.42 Å². The second kappa shape index (κ2) is 6.04. The van der Waals surface area contributed by atoms with Gasteiger partial charge in [0.2, 0.25) is 0 Å². The minimum absolute atomic E-state index is 0.0693. The van der Waals surface area contributed by atoms with Gasteiger partial charge in [0.05, 0.1) is 22.2 Å². The number of amidine groups is 1. The van der Waals surface area contributed by atoms with Gasteiger partial charge in [0.15, 0.2) is 0 Å². The van der Waals surface area contributed by atoms with E-state index in [0.717, 1.165) is 21.3 Å². The molecule has 0 bridgehead atoms. The Morgan fingerprint density at radius 3 is 2.68 bits per heavy atom. The highest BCUT2D eigenvalue weighted by Gasteiger charge is 2.09. The molecular weight excluding hydrogens is 282 g/mol. The van der Waals surface area contributed by atoms with E-state index in [2.05, 4.69) is 4.98 Å². The first-order valence-electron chi connectivity index (χ1n) is 5.75. The van der Waals surface area contributed by atoms with Crippen LogP contribution in [0.3, 0.4) is 0 Å². The molecule has 2 rings (SSSR count). The summed E-state index contributed by atoms with van der Waals surface area (Å²) < 4.78 is 5.60. The van der Waals surface area contributed by atoms with E-state index in [0.29, 0.717) is 18.1 Å². The molecule has 0 aliphatic carbocycles. The minimum atomic E-state index is 0.0693. The van der Waals surface area contributed by atoms with Crippen LogP contribution in [0, 0.1) is 12.3 Å². The quantitative estimate of drug-likeness (QED) is 0.658. The van der Waals surface area contributed by atoms with Gasteiger partial charge in [0, 0.05) is 11.4 Å². The number of benzene rings is 1. The highest BCUT2D eigenvalue weighted by atomic mass is 35.5. The third-order valence-corrected chi connectivity index (χ3v) is 3.99. The lowest BCUT2D eigenvalue weighted by Gasteiger charge is -2.04. The van der Waals surface area contributed by atoms with E-state index < -0.39 is 0 Å². The van der Waals surface area contributed by atoms with Crippen molar-refractivity contribution < 1.29 is 4.74 Å². The summed E-state index contributed by atoms with van der Waals surface area (Å²) in [6.07, 6.45) is 0.696. The molecule has 4 nitrogen and oxygen atoms in total. The van der Waals surface area contributed by atoms with E-state index in [-0.39, 0.29) is 5.84 Å².